The number of ether oxygens (including phenoxy) is 4. The zero-order valence-corrected chi connectivity index (χ0v) is 24.7. The van der Waals surface area contributed by atoms with E-state index in [0.717, 1.165) is 19.3 Å². The number of nitrogens with zero attached hydrogens (tertiary/aromatic N) is 1. The van der Waals surface area contributed by atoms with E-state index in [1.807, 2.05) is 0 Å². The second-order valence-electron chi connectivity index (χ2n) is 9.32. The van der Waals surface area contributed by atoms with E-state index in [-0.39, 0.29) is 47.6 Å². The fourth-order valence-corrected chi connectivity index (χ4v) is 4.01. The molecule has 0 aliphatic carbocycles. The number of likely N-dealkylation sites (N-methyl/N-ethyl adjacent to an activating group) is 1. The molecule has 0 spiro atoms. The molecule has 0 heterocycles. The quantitative estimate of drug-likeness (QED) is 0.144. The number of amides is 2. The summed E-state index contributed by atoms with van der Waals surface area (Å²) in [5.74, 6) is -1.11. The molecule has 2 N–H and O–H groups in total. The minimum absolute atomic E-state index is 0.132. The summed E-state index contributed by atoms with van der Waals surface area (Å²) in [6, 6.07) is 7.72. The van der Waals surface area contributed by atoms with Gasteiger partial charge in [-0.1, -0.05) is 39.0 Å². The molecule has 0 atom stereocenters. The number of phenolic OH excluding ortho intramolecular Hbond substituents is 1. The Morgan fingerprint density at radius 1 is 0.951 bits per heavy atom. The molecule has 0 bridgehead atoms. The number of nitrogens with one attached hydrogen (secondary N) is 1. The van der Waals surface area contributed by atoms with Crippen molar-refractivity contribution in [2.45, 2.75) is 52.4 Å². The molecule has 0 aliphatic heterocycles. The summed E-state index contributed by atoms with van der Waals surface area (Å²) in [5.41, 5.74) is 1.41. The van der Waals surface area contributed by atoms with Crippen molar-refractivity contribution < 1.29 is 38.4 Å². The molecule has 10 nitrogen and oxygen atoms in total. The lowest BCUT2D eigenvalue weighted by molar-refractivity contribution is -0.122. The molecule has 0 aliphatic rings. The topological polar surface area (TPSA) is 124 Å². The fraction of sp³-hybridized carbons (Fsp3) is 0.452. The first kappa shape index (κ1) is 33.2. The standard InChI is InChI=1S/C31H42N2O8/c1-6-8-9-10-11-12-17-40-21-29(35)33(3)25-20-23(14-15-24(25)31(37)41-7-2)32-28(34)16-13-22-18-26(38-4)30(36)27(19-22)39-5/h13-16,18-20,36H,6-12,17,21H2,1-5H3,(H,32,34)/b16-13+. The first-order chi connectivity index (χ1) is 19.7. The van der Waals surface area contributed by atoms with Gasteiger partial charge in [0.25, 0.3) is 5.91 Å². The van der Waals surface area contributed by atoms with Gasteiger partial charge < -0.3 is 34.3 Å². The average molecular weight is 571 g/mol. The third kappa shape index (κ3) is 10.5. The Kier molecular flexibility index (Phi) is 14.2. The molecular formula is C31H42N2O8. The SMILES string of the molecule is CCCCCCCCOCC(=O)N(C)c1cc(NC(=O)/C=C/c2cc(OC)c(O)c(OC)c2)ccc1C(=O)OCC. The van der Waals surface area contributed by atoms with Gasteiger partial charge in [0.1, 0.15) is 6.61 Å². The molecule has 0 saturated heterocycles. The van der Waals surface area contributed by atoms with Crippen molar-refractivity contribution in [1.29, 1.82) is 0 Å². The largest absolute Gasteiger partial charge is 0.502 e. The Balaban J connectivity index is 2.12. The van der Waals surface area contributed by atoms with Gasteiger partial charge in [-0.25, -0.2) is 4.79 Å². The minimum atomic E-state index is -0.580. The van der Waals surface area contributed by atoms with Crippen LogP contribution in [0.15, 0.2) is 36.4 Å². The molecule has 0 saturated carbocycles. The smallest absolute Gasteiger partial charge is 0.340 e. The van der Waals surface area contributed by atoms with Crippen LogP contribution in [0, 0.1) is 0 Å². The van der Waals surface area contributed by atoms with Crippen molar-refractivity contribution in [3.63, 3.8) is 0 Å². The Bertz CT molecular complexity index is 1170. The van der Waals surface area contributed by atoms with Crippen LogP contribution in [0.5, 0.6) is 17.2 Å². The Morgan fingerprint density at radius 2 is 1.61 bits per heavy atom. The van der Waals surface area contributed by atoms with E-state index < -0.39 is 11.9 Å². The summed E-state index contributed by atoms with van der Waals surface area (Å²) in [6.45, 7) is 4.40. The van der Waals surface area contributed by atoms with Crippen LogP contribution in [0.3, 0.4) is 0 Å². The number of carbonyl (C=O) groups is 3. The number of unbranched alkanes of at least 4 members (excludes halogenated alkanes) is 5. The van der Waals surface area contributed by atoms with Crippen LogP contribution in [-0.4, -0.2) is 64.0 Å². The molecule has 2 aromatic carbocycles. The Hall–Kier alpha value is -4.05. The fourth-order valence-electron chi connectivity index (χ4n) is 4.01. The molecule has 2 amide bonds. The van der Waals surface area contributed by atoms with Gasteiger partial charge in [-0.05, 0) is 55.3 Å². The highest BCUT2D eigenvalue weighted by molar-refractivity contribution is 6.06. The molecular weight excluding hydrogens is 528 g/mol. The third-order valence-electron chi connectivity index (χ3n) is 6.29. The highest BCUT2D eigenvalue weighted by atomic mass is 16.5. The lowest BCUT2D eigenvalue weighted by Gasteiger charge is -2.21. The maximum atomic E-state index is 12.9. The van der Waals surface area contributed by atoms with Crippen LogP contribution in [0.2, 0.25) is 0 Å². The van der Waals surface area contributed by atoms with E-state index in [4.69, 9.17) is 18.9 Å². The number of carbonyl (C=O) groups excluding carboxylic acids is 3. The average Bonchev–Trinajstić information content (AvgIpc) is 2.97. The van der Waals surface area contributed by atoms with Crippen LogP contribution in [0.4, 0.5) is 11.4 Å². The van der Waals surface area contributed by atoms with Gasteiger partial charge in [0.2, 0.25) is 11.7 Å². The number of phenols is 1. The monoisotopic (exact) mass is 570 g/mol. The summed E-state index contributed by atoms with van der Waals surface area (Å²) < 4.78 is 21.0. The highest BCUT2D eigenvalue weighted by Crippen LogP contribution is 2.37. The second kappa shape index (κ2) is 17.6. The van der Waals surface area contributed by atoms with Gasteiger partial charge in [0, 0.05) is 25.4 Å². The van der Waals surface area contributed by atoms with Gasteiger partial charge >= 0.3 is 5.97 Å². The molecule has 2 rings (SSSR count). The van der Waals surface area contributed by atoms with Gasteiger partial charge in [-0.15, -0.1) is 0 Å². The van der Waals surface area contributed by atoms with Crippen LogP contribution >= 0.6 is 0 Å². The summed E-state index contributed by atoms with van der Waals surface area (Å²) in [5, 5.41) is 12.8. The zero-order valence-electron chi connectivity index (χ0n) is 24.7. The zero-order chi connectivity index (χ0) is 30.2. The van der Waals surface area contributed by atoms with E-state index in [1.54, 1.807) is 32.2 Å². The molecule has 2 aromatic rings. The van der Waals surface area contributed by atoms with E-state index in [9.17, 15) is 19.5 Å². The molecule has 41 heavy (non-hydrogen) atoms. The molecule has 224 valence electrons. The highest BCUT2D eigenvalue weighted by Gasteiger charge is 2.21. The van der Waals surface area contributed by atoms with Crippen molar-refractivity contribution in [1.82, 2.24) is 0 Å². The Labute approximate surface area is 242 Å². The van der Waals surface area contributed by atoms with Gasteiger partial charge in [0.15, 0.2) is 11.5 Å². The number of methoxy groups -OCH3 is 2. The summed E-state index contributed by atoms with van der Waals surface area (Å²) in [4.78, 5) is 39.5. The summed E-state index contributed by atoms with van der Waals surface area (Å²) in [7, 11) is 4.37. The summed E-state index contributed by atoms with van der Waals surface area (Å²) >= 11 is 0. The predicted octanol–water partition coefficient (Wildman–Crippen LogP) is 5.58. The number of anilines is 2. The van der Waals surface area contributed by atoms with E-state index in [2.05, 4.69) is 12.2 Å². The van der Waals surface area contributed by atoms with Crippen molar-refractivity contribution in [3.8, 4) is 17.2 Å². The Morgan fingerprint density at radius 3 is 2.24 bits per heavy atom. The van der Waals surface area contributed by atoms with E-state index >= 15 is 0 Å². The van der Waals surface area contributed by atoms with Gasteiger partial charge in [-0.3, -0.25) is 9.59 Å². The normalized spacial score (nSPS) is 10.9. The molecule has 10 heteroatoms. The number of esters is 1. The second-order valence-corrected chi connectivity index (χ2v) is 9.32. The number of hydrogen-bond acceptors (Lipinski definition) is 8. The maximum Gasteiger partial charge on any atom is 0.340 e. The lowest BCUT2D eigenvalue weighted by Crippen LogP contribution is -2.32. The first-order valence-corrected chi connectivity index (χ1v) is 13.8. The minimum Gasteiger partial charge on any atom is -0.502 e. The van der Waals surface area contributed by atoms with Crippen LogP contribution in [-0.2, 0) is 19.1 Å². The van der Waals surface area contributed by atoms with Crippen molar-refractivity contribution >= 4 is 35.2 Å². The number of rotatable bonds is 17. The number of aromatic hydroxyl groups is 1. The van der Waals surface area contributed by atoms with Crippen LogP contribution < -0.4 is 19.7 Å². The van der Waals surface area contributed by atoms with Crippen molar-refractivity contribution in [3.05, 3.63) is 47.5 Å². The first-order valence-electron chi connectivity index (χ1n) is 13.8. The van der Waals surface area contributed by atoms with Gasteiger partial charge in [0.05, 0.1) is 32.1 Å². The molecule has 0 fully saturated rings. The van der Waals surface area contributed by atoms with Crippen LogP contribution in [0.25, 0.3) is 6.08 Å². The molecule has 0 radical (unpaired) electrons. The van der Waals surface area contributed by atoms with E-state index in [1.165, 1.54) is 62.7 Å². The number of benzene rings is 2. The lowest BCUT2D eigenvalue weighted by atomic mass is 10.1. The molecule has 0 unspecified atom stereocenters. The predicted molar refractivity (Wildman–Crippen MR) is 159 cm³/mol. The molecule has 0 aromatic heterocycles. The summed E-state index contributed by atoms with van der Waals surface area (Å²) in [6.07, 6.45) is 9.55. The maximum absolute atomic E-state index is 12.9. The van der Waals surface area contributed by atoms with E-state index in [0.29, 0.717) is 17.9 Å². The third-order valence-corrected chi connectivity index (χ3v) is 6.29. The van der Waals surface area contributed by atoms with Crippen molar-refractivity contribution in [2.24, 2.45) is 0 Å². The van der Waals surface area contributed by atoms with Gasteiger partial charge in [-0.2, -0.15) is 0 Å². The van der Waals surface area contributed by atoms with Crippen molar-refractivity contribution in [2.75, 3.05) is 51.3 Å². The van der Waals surface area contributed by atoms with Crippen LogP contribution in [0.1, 0.15) is 68.3 Å². The number of hydrogen-bond donors (Lipinski definition) is 2.